The number of esters is 1. The Bertz CT molecular complexity index is 764. The molecule has 0 saturated carbocycles. The predicted octanol–water partition coefficient (Wildman–Crippen LogP) is 3.49. The quantitative estimate of drug-likeness (QED) is 0.814. The summed E-state index contributed by atoms with van der Waals surface area (Å²) in [5.74, 6) is -0.173. The summed E-state index contributed by atoms with van der Waals surface area (Å²) in [6.07, 6.45) is 1.85. The molecule has 0 aliphatic carbocycles. The van der Waals surface area contributed by atoms with Gasteiger partial charge in [-0.1, -0.05) is 24.3 Å². The Morgan fingerprint density at radius 1 is 1.30 bits per heavy atom. The molecule has 1 heterocycles. The van der Waals surface area contributed by atoms with Crippen molar-refractivity contribution < 1.29 is 9.53 Å². The number of benzene rings is 2. The fourth-order valence-electron chi connectivity index (χ4n) is 3.30. The van der Waals surface area contributed by atoms with E-state index >= 15 is 0 Å². The van der Waals surface area contributed by atoms with Gasteiger partial charge in [0, 0.05) is 29.5 Å². The molecule has 1 aliphatic heterocycles. The third kappa shape index (κ3) is 3.00. The van der Waals surface area contributed by atoms with Crippen molar-refractivity contribution in [2.75, 3.05) is 24.6 Å². The molecule has 0 bridgehead atoms. The molecule has 23 heavy (non-hydrogen) atoms. The third-order valence-corrected chi connectivity index (χ3v) is 4.40. The smallest absolute Gasteiger partial charge is 0.310 e. The normalized spacial score (nSPS) is 17.7. The number of nitrogens with zero attached hydrogens (tertiary/aromatic N) is 2. The Labute approximate surface area is 136 Å². The monoisotopic (exact) mass is 308 g/mol. The summed E-state index contributed by atoms with van der Waals surface area (Å²) in [5, 5.41) is 11.3. The van der Waals surface area contributed by atoms with Gasteiger partial charge in [0.05, 0.1) is 24.2 Å². The third-order valence-electron chi connectivity index (χ3n) is 4.40. The van der Waals surface area contributed by atoms with Crippen molar-refractivity contribution in [1.82, 2.24) is 0 Å². The maximum Gasteiger partial charge on any atom is 0.310 e. The molecule has 2 aromatic rings. The van der Waals surface area contributed by atoms with E-state index in [4.69, 9.17) is 4.74 Å². The zero-order valence-corrected chi connectivity index (χ0v) is 13.3. The van der Waals surface area contributed by atoms with Gasteiger partial charge in [0.2, 0.25) is 0 Å². The lowest BCUT2D eigenvalue weighted by Gasteiger charge is -2.34. The minimum Gasteiger partial charge on any atom is -0.466 e. The van der Waals surface area contributed by atoms with Crippen LogP contribution in [0.5, 0.6) is 0 Å². The van der Waals surface area contributed by atoms with Crippen LogP contribution < -0.4 is 4.90 Å². The summed E-state index contributed by atoms with van der Waals surface area (Å²) in [4.78, 5) is 14.3. The van der Waals surface area contributed by atoms with E-state index in [9.17, 15) is 10.1 Å². The Morgan fingerprint density at radius 3 is 2.83 bits per heavy atom. The minimum absolute atomic E-state index is 0.0712. The number of anilines is 1. The molecule has 0 spiro atoms. The van der Waals surface area contributed by atoms with Gasteiger partial charge < -0.3 is 9.64 Å². The minimum atomic E-state index is -0.102. The predicted molar refractivity (Wildman–Crippen MR) is 90.2 cm³/mol. The zero-order chi connectivity index (χ0) is 16.2. The molecule has 0 aromatic heterocycles. The van der Waals surface area contributed by atoms with Crippen LogP contribution >= 0.6 is 0 Å². The highest BCUT2D eigenvalue weighted by Gasteiger charge is 2.27. The van der Waals surface area contributed by atoms with E-state index in [2.05, 4.69) is 11.0 Å². The Balaban J connectivity index is 1.94. The summed E-state index contributed by atoms with van der Waals surface area (Å²) < 4.78 is 5.18. The molecule has 2 aromatic carbocycles. The number of fused-ring (bicyclic) bond motifs is 1. The first-order valence-electron chi connectivity index (χ1n) is 8.08. The molecular formula is C19H20N2O2. The first-order valence-corrected chi connectivity index (χ1v) is 8.08. The maximum absolute atomic E-state index is 12.0. The second-order valence-electron chi connectivity index (χ2n) is 5.83. The molecule has 1 saturated heterocycles. The van der Waals surface area contributed by atoms with Crippen LogP contribution in [-0.2, 0) is 9.53 Å². The van der Waals surface area contributed by atoms with E-state index in [0.29, 0.717) is 18.7 Å². The van der Waals surface area contributed by atoms with Crippen LogP contribution in [0.15, 0.2) is 36.4 Å². The van der Waals surface area contributed by atoms with Crippen molar-refractivity contribution >= 4 is 22.4 Å². The van der Waals surface area contributed by atoms with E-state index in [1.807, 2.05) is 43.3 Å². The molecule has 1 aliphatic rings. The van der Waals surface area contributed by atoms with Gasteiger partial charge >= 0.3 is 5.97 Å². The van der Waals surface area contributed by atoms with Crippen molar-refractivity contribution in [3.05, 3.63) is 42.0 Å². The van der Waals surface area contributed by atoms with E-state index in [-0.39, 0.29) is 11.9 Å². The lowest BCUT2D eigenvalue weighted by Crippen LogP contribution is -2.39. The molecular weight excluding hydrogens is 288 g/mol. The van der Waals surface area contributed by atoms with Crippen LogP contribution in [0, 0.1) is 17.2 Å². The highest BCUT2D eigenvalue weighted by molar-refractivity contribution is 5.98. The van der Waals surface area contributed by atoms with Crippen molar-refractivity contribution in [2.45, 2.75) is 19.8 Å². The number of hydrogen-bond acceptors (Lipinski definition) is 4. The number of carbonyl (C=O) groups excluding carboxylic acids is 1. The highest BCUT2D eigenvalue weighted by Crippen LogP contribution is 2.32. The van der Waals surface area contributed by atoms with Gasteiger partial charge in [-0.2, -0.15) is 5.26 Å². The van der Waals surface area contributed by atoms with Crippen molar-refractivity contribution in [2.24, 2.45) is 5.92 Å². The van der Waals surface area contributed by atoms with Crippen molar-refractivity contribution in [3.63, 3.8) is 0 Å². The van der Waals surface area contributed by atoms with Gasteiger partial charge in [-0.25, -0.2) is 0 Å². The second-order valence-corrected chi connectivity index (χ2v) is 5.83. The first-order chi connectivity index (χ1) is 11.2. The fraction of sp³-hybridized carbons (Fsp3) is 0.368. The number of piperidine rings is 1. The fourth-order valence-corrected chi connectivity index (χ4v) is 3.30. The van der Waals surface area contributed by atoms with Crippen LogP contribution in [0.3, 0.4) is 0 Å². The lowest BCUT2D eigenvalue weighted by molar-refractivity contribution is -0.148. The Morgan fingerprint density at radius 2 is 2.09 bits per heavy atom. The number of ether oxygens (including phenoxy) is 1. The summed E-state index contributed by atoms with van der Waals surface area (Å²) in [6, 6.07) is 14.1. The molecule has 4 nitrogen and oxygen atoms in total. The molecule has 4 heteroatoms. The molecule has 0 amide bonds. The van der Waals surface area contributed by atoms with Crippen molar-refractivity contribution in [3.8, 4) is 6.07 Å². The Kier molecular flexibility index (Phi) is 4.47. The topological polar surface area (TPSA) is 53.3 Å². The average molecular weight is 308 g/mol. The van der Waals surface area contributed by atoms with Gasteiger partial charge in [0.25, 0.3) is 0 Å². The van der Waals surface area contributed by atoms with Gasteiger partial charge in [-0.3, -0.25) is 4.79 Å². The van der Waals surface area contributed by atoms with Gasteiger partial charge in [-0.05, 0) is 31.9 Å². The van der Waals surface area contributed by atoms with Crippen LogP contribution in [0.2, 0.25) is 0 Å². The SMILES string of the molecule is CCOC(=O)[C@H]1CCCN(c2ccc(C#N)c3ccccc23)C1. The van der Waals surface area contributed by atoms with E-state index in [1.165, 1.54) is 0 Å². The largest absolute Gasteiger partial charge is 0.466 e. The number of nitriles is 1. The highest BCUT2D eigenvalue weighted by atomic mass is 16.5. The standard InChI is InChI=1S/C19H20N2O2/c1-2-23-19(22)15-6-5-11-21(13-15)18-10-9-14(12-20)16-7-3-4-8-17(16)18/h3-4,7-10,15H,2,5-6,11,13H2,1H3/t15-/m0/s1. The summed E-state index contributed by atoms with van der Waals surface area (Å²) in [5.41, 5.74) is 1.77. The molecule has 118 valence electrons. The average Bonchev–Trinajstić information content (AvgIpc) is 2.61. The summed E-state index contributed by atoms with van der Waals surface area (Å²) in [6.45, 7) is 3.86. The van der Waals surface area contributed by atoms with Gasteiger partial charge in [0.15, 0.2) is 0 Å². The van der Waals surface area contributed by atoms with E-state index in [1.54, 1.807) is 0 Å². The van der Waals surface area contributed by atoms with Crippen LogP contribution in [0.25, 0.3) is 10.8 Å². The molecule has 0 N–H and O–H groups in total. The van der Waals surface area contributed by atoms with E-state index in [0.717, 1.165) is 35.8 Å². The van der Waals surface area contributed by atoms with Gasteiger partial charge in [-0.15, -0.1) is 0 Å². The summed E-state index contributed by atoms with van der Waals surface area (Å²) in [7, 11) is 0. The number of rotatable bonds is 3. The van der Waals surface area contributed by atoms with Crippen LogP contribution in [0.4, 0.5) is 5.69 Å². The van der Waals surface area contributed by atoms with E-state index < -0.39 is 0 Å². The van der Waals surface area contributed by atoms with Crippen LogP contribution in [0.1, 0.15) is 25.3 Å². The molecule has 0 radical (unpaired) electrons. The molecule has 1 atom stereocenters. The number of carbonyl (C=O) groups is 1. The zero-order valence-electron chi connectivity index (χ0n) is 13.3. The second kappa shape index (κ2) is 6.70. The Hall–Kier alpha value is -2.54. The molecule has 3 rings (SSSR count). The maximum atomic E-state index is 12.0. The lowest BCUT2D eigenvalue weighted by atomic mass is 9.96. The van der Waals surface area contributed by atoms with Crippen LogP contribution in [-0.4, -0.2) is 25.7 Å². The molecule has 1 fully saturated rings. The first kappa shape index (κ1) is 15.4. The number of hydrogen-bond donors (Lipinski definition) is 0. The van der Waals surface area contributed by atoms with Crippen molar-refractivity contribution in [1.29, 1.82) is 5.26 Å². The molecule has 0 unspecified atom stereocenters. The van der Waals surface area contributed by atoms with Gasteiger partial charge in [0.1, 0.15) is 0 Å². The summed E-state index contributed by atoms with van der Waals surface area (Å²) >= 11 is 0.